The summed E-state index contributed by atoms with van der Waals surface area (Å²) in [7, 11) is 1.50. The molecule has 0 saturated heterocycles. The van der Waals surface area contributed by atoms with Gasteiger partial charge in [0, 0.05) is 7.05 Å². The summed E-state index contributed by atoms with van der Waals surface area (Å²) in [5.41, 5.74) is 0. The third kappa shape index (κ3) is 4.20. The van der Waals surface area contributed by atoms with E-state index in [-0.39, 0.29) is 6.61 Å². The second-order valence-corrected chi connectivity index (χ2v) is 2.43. The molecule has 0 heterocycles. The van der Waals surface area contributed by atoms with Crippen LogP contribution in [-0.4, -0.2) is 31.0 Å². The molecule has 0 aliphatic rings. The number of alkyl carbamates (subject to hydrolysis) is 1. The average molecular weight is 163 g/mol. The molecular formula is C5H11N2O2S+. The van der Waals surface area contributed by atoms with E-state index in [1.54, 1.807) is 0 Å². The number of nitrogens with two attached hydrogens (primary N) is 1. The second kappa shape index (κ2) is 5.10. The Balaban J connectivity index is 3.35. The smallest absolute Gasteiger partial charge is 0.407 e. The lowest BCUT2D eigenvalue weighted by molar-refractivity contribution is -0.113. The number of ether oxygens (including phenoxy) is 1. The Morgan fingerprint density at radius 3 is 2.80 bits per heavy atom. The molecule has 0 rings (SSSR count). The van der Waals surface area contributed by atoms with E-state index in [2.05, 4.69) is 10.1 Å². The van der Waals surface area contributed by atoms with Gasteiger partial charge in [0.1, 0.15) is 0 Å². The highest BCUT2D eigenvalue weighted by Crippen LogP contribution is 1.91. The first-order valence-corrected chi connectivity index (χ1v) is 3.93. The number of hydrogen-bond donors (Lipinski definition) is 2. The van der Waals surface area contributed by atoms with Gasteiger partial charge < -0.3 is 10.1 Å². The van der Waals surface area contributed by atoms with Gasteiger partial charge in [-0.25, -0.2) is 10.2 Å². The summed E-state index contributed by atoms with van der Waals surface area (Å²) >= 11 is 1.37. The summed E-state index contributed by atoms with van der Waals surface area (Å²) in [5, 5.41) is 8.24. The maximum Gasteiger partial charge on any atom is 0.407 e. The molecule has 4 nitrogen and oxygen atoms in total. The number of amides is 1. The predicted molar refractivity (Wildman–Crippen MR) is 40.9 cm³/mol. The van der Waals surface area contributed by atoms with Crippen LogP contribution in [0.4, 0.5) is 4.79 Å². The van der Waals surface area contributed by atoms with E-state index in [4.69, 9.17) is 5.41 Å². The van der Waals surface area contributed by atoms with Crippen molar-refractivity contribution in [3.05, 3.63) is 0 Å². The van der Waals surface area contributed by atoms with Crippen molar-refractivity contribution in [1.29, 1.82) is 0 Å². The quantitative estimate of drug-likeness (QED) is 0.399. The molecule has 0 fully saturated rings. The fourth-order valence-corrected chi connectivity index (χ4v) is 0.445. The highest BCUT2D eigenvalue weighted by molar-refractivity contribution is 8.13. The molecule has 58 valence electrons. The van der Waals surface area contributed by atoms with Crippen LogP contribution in [0.3, 0.4) is 0 Å². The third-order valence-corrected chi connectivity index (χ3v) is 1.45. The lowest BCUT2D eigenvalue weighted by Crippen LogP contribution is -2.41. The molecule has 0 unspecified atom stereocenters. The number of hydrogen-bond acceptors (Lipinski definition) is 3. The number of carbonyl (C=O) groups is 1. The minimum atomic E-state index is -0.461. The first-order chi connectivity index (χ1) is 4.70. The first kappa shape index (κ1) is 9.29. The van der Waals surface area contributed by atoms with Crippen molar-refractivity contribution >= 4 is 22.9 Å². The lowest BCUT2D eigenvalue weighted by atomic mass is 10.8. The molecule has 0 radical (unpaired) electrons. The van der Waals surface area contributed by atoms with Gasteiger partial charge in [-0.1, -0.05) is 11.8 Å². The van der Waals surface area contributed by atoms with E-state index in [0.717, 1.165) is 0 Å². The van der Waals surface area contributed by atoms with Crippen molar-refractivity contribution in [2.24, 2.45) is 0 Å². The zero-order chi connectivity index (χ0) is 7.98. The van der Waals surface area contributed by atoms with Crippen LogP contribution in [0.25, 0.3) is 0 Å². The monoisotopic (exact) mass is 163 g/mol. The van der Waals surface area contributed by atoms with Crippen LogP contribution in [0.5, 0.6) is 0 Å². The molecule has 10 heavy (non-hydrogen) atoms. The van der Waals surface area contributed by atoms with Crippen LogP contribution < -0.4 is 10.7 Å². The van der Waals surface area contributed by atoms with E-state index in [1.807, 2.05) is 6.26 Å². The fraction of sp³-hybridized carbons (Fsp3) is 0.600. The SMILES string of the molecule is CNC(=O)OCC(=[NH2+])SC. The van der Waals surface area contributed by atoms with E-state index in [0.29, 0.717) is 5.04 Å². The largest absolute Gasteiger partial charge is 0.438 e. The Morgan fingerprint density at radius 1 is 1.80 bits per heavy atom. The van der Waals surface area contributed by atoms with Gasteiger partial charge >= 0.3 is 6.09 Å². The summed E-state index contributed by atoms with van der Waals surface area (Å²) in [6.45, 7) is 0.168. The zero-order valence-corrected chi connectivity index (χ0v) is 6.83. The number of carbonyl (C=O) groups excluding carboxylic acids is 1. The van der Waals surface area contributed by atoms with Gasteiger partial charge in [-0.3, -0.25) is 0 Å². The summed E-state index contributed by atoms with van der Waals surface area (Å²) in [5.74, 6) is 0. The van der Waals surface area contributed by atoms with Gasteiger partial charge in [-0.05, 0) is 6.26 Å². The number of thioether (sulfide) groups is 1. The van der Waals surface area contributed by atoms with E-state index in [1.165, 1.54) is 18.8 Å². The Kier molecular flexibility index (Phi) is 4.74. The summed E-state index contributed by atoms with van der Waals surface area (Å²) in [6, 6.07) is 0. The van der Waals surface area contributed by atoms with Gasteiger partial charge in [-0.2, -0.15) is 0 Å². The normalized spacial score (nSPS) is 8.60. The molecule has 0 aromatic carbocycles. The fourth-order valence-electron chi connectivity index (χ4n) is 0.268. The minimum absolute atomic E-state index is 0.168. The molecule has 0 bridgehead atoms. The molecule has 0 aromatic heterocycles. The van der Waals surface area contributed by atoms with Gasteiger partial charge in [0.05, 0.1) is 0 Å². The van der Waals surface area contributed by atoms with E-state index >= 15 is 0 Å². The van der Waals surface area contributed by atoms with Crippen LogP contribution >= 0.6 is 11.8 Å². The molecular weight excluding hydrogens is 152 g/mol. The molecule has 5 heteroatoms. The maximum absolute atomic E-state index is 10.4. The average Bonchev–Trinajstić information content (AvgIpc) is 1.99. The Hall–Kier alpha value is -0.710. The molecule has 0 saturated carbocycles. The molecule has 1 amide bonds. The van der Waals surface area contributed by atoms with Crippen molar-refractivity contribution in [3.8, 4) is 0 Å². The number of rotatable bonds is 2. The summed E-state index contributed by atoms with van der Waals surface area (Å²) in [6.07, 6.45) is 1.36. The Bertz CT molecular complexity index is 122. The van der Waals surface area contributed by atoms with Crippen LogP contribution in [0, 0.1) is 0 Å². The lowest BCUT2D eigenvalue weighted by Gasteiger charge is -1.98. The van der Waals surface area contributed by atoms with E-state index < -0.39 is 6.09 Å². The molecule has 0 atom stereocenters. The van der Waals surface area contributed by atoms with Crippen molar-refractivity contribution in [1.82, 2.24) is 5.32 Å². The van der Waals surface area contributed by atoms with Gasteiger partial charge in [0.2, 0.25) is 5.04 Å². The predicted octanol–water partition coefficient (Wildman–Crippen LogP) is -1.14. The molecule has 0 aromatic rings. The van der Waals surface area contributed by atoms with Crippen molar-refractivity contribution in [3.63, 3.8) is 0 Å². The van der Waals surface area contributed by atoms with Crippen molar-refractivity contribution in [2.45, 2.75) is 0 Å². The Labute approximate surface area is 63.8 Å². The van der Waals surface area contributed by atoms with Gasteiger partial charge in [-0.15, -0.1) is 0 Å². The minimum Gasteiger partial charge on any atom is -0.438 e. The molecule has 0 aliphatic heterocycles. The first-order valence-electron chi connectivity index (χ1n) is 2.70. The third-order valence-electron chi connectivity index (χ3n) is 0.812. The van der Waals surface area contributed by atoms with Crippen LogP contribution in [-0.2, 0) is 4.74 Å². The van der Waals surface area contributed by atoms with Crippen LogP contribution in [0.1, 0.15) is 0 Å². The van der Waals surface area contributed by atoms with Crippen LogP contribution in [0.2, 0.25) is 0 Å². The standard InChI is InChI=1S/C5H10N2O2S/c1-7-5(8)9-3-4(6)10-2/h6H,3H2,1-2H3,(H,7,8)/p+1. The highest BCUT2D eigenvalue weighted by Gasteiger charge is 2.03. The van der Waals surface area contributed by atoms with Crippen molar-refractivity contribution < 1.29 is 14.9 Å². The molecule has 3 N–H and O–H groups in total. The van der Waals surface area contributed by atoms with Crippen LogP contribution in [0.15, 0.2) is 0 Å². The maximum atomic E-state index is 10.4. The topological polar surface area (TPSA) is 63.9 Å². The second-order valence-electron chi connectivity index (χ2n) is 1.50. The zero-order valence-electron chi connectivity index (χ0n) is 6.01. The van der Waals surface area contributed by atoms with Gasteiger partial charge in [0.25, 0.3) is 0 Å². The molecule has 0 aliphatic carbocycles. The molecule has 0 spiro atoms. The van der Waals surface area contributed by atoms with Crippen molar-refractivity contribution in [2.75, 3.05) is 19.9 Å². The summed E-state index contributed by atoms with van der Waals surface area (Å²) in [4.78, 5) is 10.4. The Morgan fingerprint density at radius 2 is 2.40 bits per heavy atom. The summed E-state index contributed by atoms with van der Waals surface area (Å²) < 4.78 is 4.61. The highest BCUT2D eigenvalue weighted by atomic mass is 32.2. The van der Waals surface area contributed by atoms with E-state index in [9.17, 15) is 4.79 Å². The van der Waals surface area contributed by atoms with Gasteiger partial charge in [0.15, 0.2) is 6.61 Å². The number of nitrogens with one attached hydrogen (secondary N) is 1.